The van der Waals surface area contributed by atoms with E-state index in [1.807, 2.05) is 0 Å². The molecule has 0 aliphatic rings. The number of halogens is 1. The van der Waals surface area contributed by atoms with Crippen LogP contribution in [0.2, 0.25) is 5.02 Å². The van der Waals surface area contributed by atoms with Crippen LogP contribution in [-0.4, -0.2) is 21.5 Å². The number of hydrogen-bond donors (Lipinski definition) is 2. The number of sulfonamides is 1. The Kier molecular flexibility index (Phi) is 6.08. The molecule has 0 aromatic heterocycles. The Hall–Kier alpha value is -0.620. The van der Waals surface area contributed by atoms with Gasteiger partial charge in [-0.15, -0.1) is 0 Å². The van der Waals surface area contributed by atoms with E-state index in [-0.39, 0.29) is 4.90 Å². The first-order chi connectivity index (χ1) is 8.51. The second-order valence-electron chi connectivity index (χ2n) is 3.93. The molecular formula is C12H19ClN2O2S. The molecule has 0 aliphatic heterocycles. The smallest absolute Gasteiger partial charge is 0.240 e. The van der Waals surface area contributed by atoms with Gasteiger partial charge in [0.1, 0.15) is 0 Å². The molecular weight excluding hydrogens is 272 g/mol. The minimum Gasteiger partial charge on any atom is -0.313 e. The first kappa shape index (κ1) is 15.4. The summed E-state index contributed by atoms with van der Waals surface area (Å²) in [7, 11) is -3.42. The van der Waals surface area contributed by atoms with Gasteiger partial charge in [-0.3, -0.25) is 0 Å². The summed E-state index contributed by atoms with van der Waals surface area (Å²) >= 11 is 6.05. The Balaban J connectivity index is 2.93. The van der Waals surface area contributed by atoms with Crippen molar-refractivity contribution in [3.8, 4) is 0 Å². The van der Waals surface area contributed by atoms with Gasteiger partial charge in [0.15, 0.2) is 0 Å². The molecule has 18 heavy (non-hydrogen) atoms. The highest BCUT2D eigenvalue weighted by Crippen LogP contribution is 2.20. The molecule has 0 spiro atoms. The number of benzene rings is 1. The lowest BCUT2D eigenvalue weighted by atomic mass is 10.2. The van der Waals surface area contributed by atoms with E-state index in [0.717, 1.165) is 18.5 Å². The van der Waals surface area contributed by atoms with Crippen LogP contribution in [0.4, 0.5) is 0 Å². The van der Waals surface area contributed by atoms with Crippen LogP contribution in [0.25, 0.3) is 0 Å². The van der Waals surface area contributed by atoms with Gasteiger partial charge in [-0.1, -0.05) is 25.4 Å². The average molecular weight is 291 g/mol. The Morgan fingerprint density at radius 3 is 2.61 bits per heavy atom. The molecule has 0 radical (unpaired) electrons. The maximum Gasteiger partial charge on any atom is 0.240 e. The standard InChI is InChI=1S/C12H19ClN2O2S/c1-3-7-14-9-10-8-11(5-6-12(10)13)18(16,17)15-4-2/h5-6,8,14-15H,3-4,7,9H2,1-2H3. The highest BCUT2D eigenvalue weighted by Gasteiger charge is 2.14. The molecule has 2 N–H and O–H groups in total. The molecule has 0 bridgehead atoms. The SMILES string of the molecule is CCCNCc1cc(S(=O)(=O)NCC)ccc1Cl. The van der Waals surface area contributed by atoms with Crippen molar-refractivity contribution in [1.82, 2.24) is 10.0 Å². The monoisotopic (exact) mass is 290 g/mol. The fourth-order valence-electron chi connectivity index (χ4n) is 1.53. The third kappa shape index (κ3) is 4.24. The maximum atomic E-state index is 11.9. The molecule has 0 saturated heterocycles. The highest BCUT2D eigenvalue weighted by molar-refractivity contribution is 7.89. The molecule has 0 fully saturated rings. The minimum absolute atomic E-state index is 0.252. The Labute approximate surface area is 114 Å². The molecule has 1 aromatic rings. The van der Waals surface area contributed by atoms with Crippen molar-refractivity contribution in [1.29, 1.82) is 0 Å². The van der Waals surface area contributed by atoms with E-state index in [2.05, 4.69) is 17.0 Å². The fourth-order valence-corrected chi connectivity index (χ4v) is 2.80. The van der Waals surface area contributed by atoms with Crippen LogP contribution in [0.1, 0.15) is 25.8 Å². The van der Waals surface area contributed by atoms with Crippen LogP contribution < -0.4 is 10.0 Å². The molecule has 0 unspecified atom stereocenters. The maximum absolute atomic E-state index is 11.9. The summed E-state index contributed by atoms with van der Waals surface area (Å²) in [6, 6.07) is 4.75. The van der Waals surface area contributed by atoms with Crippen LogP contribution in [0.3, 0.4) is 0 Å². The van der Waals surface area contributed by atoms with Gasteiger partial charge in [0.05, 0.1) is 4.90 Å². The third-order valence-corrected chi connectivity index (χ3v) is 4.32. The van der Waals surface area contributed by atoms with Crippen molar-refractivity contribution in [2.45, 2.75) is 31.7 Å². The summed E-state index contributed by atoms with van der Waals surface area (Å²) < 4.78 is 26.2. The quantitative estimate of drug-likeness (QED) is 0.757. The van der Waals surface area contributed by atoms with Crippen LogP contribution in [-0.2, 0) is 16.6 Å². The van der Waals surface area contributed by atoms with Crippen LogP contribution in [0.15, 0.2) is 23.1 Å². The molecule has 1 aromatic carbocycles. The zero-order chi connectivity index (χ0) is 13.6. The predicted molar refractivity (Wildman–Crippen MR) is 74.3 cm³/mol. The minimum atomic E-state index is -3.42. The zero-order valence-corrected chi connectivity index (χ0v) is 12.2. The number of hydrogen-bond acceptors (Lipinski definition) is 3. The second kappa shape index (κ2) is 7.09. The summed E-state index contributed by atoms with van der Waals surface area (Å²) in [5.74, 6) is 0. The zero-order valence-electron chi connectivity index (χ0n) is 10.7. The fraction of sp³-hybridized carbons (Fsp3) is 0.500. The predicted octanol–water partition coefficient (Wildman–Crippen LogP) is 2.14. The molecule has 0 heterocycles. The van der Waals surface area contributed by atoms with Crippen molar-refractivity contribution in [3.63, 3.8) is 0 Å². The summed E-state index contributed by atoms with van der Waals surface area (Å²) in [6.07, 6.45) is 1.02. The van der Waals surface area contributed by atoms with E-state index >= 15 is 0 Å². The van der Waals surface area contributed by atoms with Crippen molar-refractivity contribution < 1.29 is 8.42 Å². The van der Waals surface area contributed by atoms with Gasteiger partial charge in [0, 0.05) is 18.1 Å². The van der Waals surface area contributed by atoms with E-state index < -0.39 is 10.0 Å². The van der Waals surface area contributed by atoms with Gasteiger partial charge in [-0.05, 0) is 36.7 Å². The van der Waals surface area contributed by atoms with Crippen molar-refractivity contribution in [2.75, 3.05) is 13.1 Å². The van der Waals surface area contributed by atoms with Gasteiger partial charge in [-0.25, -0.2) is 13.1 Å². The average Bonchev–Trinajstić information content (AvgIpc) is 2.31. The second-order valence-corrected chi connectivity index (χ2v) is 6.11. The first-order valence-corrected chi connectivity index (χ1v) is 7.86. The lowest BCUT2D eigenvalue weighted by Crippen LogP contribution is -2.23. The van der Waals surface area contributed by atoms with Crippen molar-refractivity contribution in [2.24, 2.45) is 0 Å². The first-order valence-electron chi connectivity index (χ1n) is 6.00. The molecule has 0 atom stereocenters. The number of rotatable bonds is 7. The van der Waals surface area contributed by atoms with Gasteiger partial charge < -0.3 is 5.32 Å². The van der Waals surface area contributed by atoms with Gasteiger partial charge in [0.2, 0.25) is 10.0 Å². The lowest BCUT2D eigenvalue weighted by molar-refractivity contribution is 0.583. The molecule has 0 saturated carbocycles. The van der Waals surface area contributed by atoms with Crippen LogP contribution in [0, 0.1) is 0 Å². The van der Waals surface area contributed by atoms with Crippen molar-refractivity contribution in [3.05, 3.63) is 28.8 Å². The normalized spacial score (nSPS) is 11.7. The Bertz CT molecular complexity index is 489. The summed E-state index contributed by atoms with van der Waals surface area (Å²) in [5, 5.41) is 3.78. The topological polar surface area (TPSA) is 58.2 Å². The highest BCUT2D eigenvalue weighted by atomic mass is 35.5. The molecule has 0 amide bonds. The summed E-state index contributed by atoms with van der Waals surface area (Å²) in [5.41, 5.74) is 0.795. The molecule has 6 heteroatoms. The van der Waals surface area contributed by atoms with E-state index in [4.69, 9.17) is 11.6 Å². The van der Waals surface area contributed by atoms with E-state index in [0.29, 0.717) is 18.1 Å². The van der Waals surface area contributed by atoms with Crippen LogP contribution in [0.5, 0.6) is 0 Å². The Morgan fingerprint density at radius 2 is 2.00 bits per heavy atom. The summed E-state index contributed by atoms with van der Waals surface area (Å²) in [6.45, 7) is 5.63. The van der Waals surface area contributed by atoms with Gasteiger partial charge >= 0.3 is 0 Å². The van der Waals surface area contributed by atoms with E-state index in [9.17, 15) is 8.42 Å². The van der Waals surface area contributed by atoms with E-state index in [1.165, 1.54) is 6.07 Å². The largest absolute Gasteiger partial charge is 0.313 e. The Morgan fingerprint density at radius 1 is 1.28 bits per heavy atom. The molecule has 0 aliphatic carbocycles. The third-order valence-electron chi connectivity index (χ3n) is 2.40. The van der Waals surface area contributed by atoms with E-state index in [1.54, 1.807) is 19.1 Å². The van der Waals surface area contributed by atoms with Crippen molar-refractivity contribution >= 4 is 21.6 Å². The molecule has 102 valence electrons. The van der Waals surface area contributed by atoms with Gasteiger partial charge in [-0.2, -0.15) is 0 Å². The molecule has 1 rings (SSSR count). The van der Waals surface area contributed by atoms with Crippen LogP contribution >= 0.6 is 11.6 Å². The number of nitrogens with one attached hydrogen (secondary N) is 2. The van der Waals surface area contributed by atoms with Gasteiger partial charge in [0.25, 0.3) is 0 Å². The summed E-state index contributed by atoms with van der Waals surface area (Å²) in [4.78, 5) is 0.252. The lowest BCUT2D eigenvalue weighted by Gasteiger charge is -2.09. The molecule has 4 nitrogen and oxygen atoms in total.